The van der Waals surface area contributed by atoms with Gasteiger partial charge in [0.1, 0.15) is 0 Å². The van der Waals surface area contributed by atoms with E-state index in [2.05, 4.69) is 39.6 Å². The molecule has 1 aliphatic carbocycles. The van der Waals surface area contributed by atoms with Crippen LogP contribution in [0.2, 0.25) is 0 Å². The Morgan fingerprint density at radius 1 is 1.50 bits per heavy atom. The molecule has 1 saturated carbocycles. The minimum atomic E-state index is 0.515. The van der Waals surface area contributed by atoms with Gasteiger partial charge in [-0.3, -0.25) is 0 Å². The van der Waals surface area contributed by atoms with Crippen molar-refractivity contribution in [2.24, 2.45) is 11.3 Å². The van der Waals surface area contributed by atoms with Gasteiger partial charge in [0.2, 0.25) is 0 Å². The summed E-state index contributed by atoms with van der Waals surface area (Å²) in [4.78, 5) is 0. The molecule has 0 spiro atoms. The van der Waals surface area contributed by atoms with Gasteiger partial charge in [-0.05, 0) is 50.5 Å². The van der Waals surface area contributed by atoms with Gasteiger partial charge in [-0.15, -0.1) is 6.58 Å². The lowest BCUT2D eigenvalue weighted by molar-refractivity contribution is 0.195. The van der Waals surface area contributed by atoms with Crippen LogP contribution in [0.15, 0.2) is 12.2 Å². The quantitative estimate of drug-likeness (QED) is 0.667. The van der Waals surface area contributed by atoms with E-state index >= 15 is 0 Å². The maximum atomic E-state index is 4.08. The van der Waals surface area contributed by atoms with E-state index in [1.54, 1.807) is 0 Å². The van der Waals surface area contributed by atoms with Crippen LogP contribution in [0.4, 0.5) is 0 Å². The molecular weight excluding hydrogens is 194 g/mol. The van der Waals surface area contributed by atoms with Gasteiger partial charge >= 0.3 is 0 Å². The number of rotatable bonds is 6. The molecule has 0 saturated heterocycles. The van der Waals surface area contributed by atoms with Crippen LogP contribution in [-0.4, -0.2) is 12.6 Å². The first-order valence-corrected chi connectivity index (χ1v) is 6.85. The first-order valence-electron chi connectivity index (χ1n) is 6.85. The molecule has 0 aliphatic heterocycles. The Balaban J connectivity index is 2.63. The van der Waals surface area contributed by atoms with Crippen LogP contribution < -0.4 is 5.32 Å². The van der Waals surface area contributed by atoms with E-state index in [-0.39, 0.29) is 0 Å². The minimum absolute atomic E-state index is 0.515. The zero-order valence-electron chi connectivity index (χ0n) is 11.6. The molecule has 1 nitrogen and oxygen atoms in total. The Kier molecular flexibility index (Phi) is 5.04. The zero-order valence-corrected chi connectivity index (χ0v) is 11.6. The van der Waals surface area contributed by atoms with Gasteiger partial charge in [0.05, 0.1) is 0 Å². The number of nitrogens with one attached hydrogen (secondary N) is 1. The van der Waals surface area contributed by atoms with Crippen LogP contribution in [0.25, 0.3) is 0 Å². The third kappa shape index (κ3) is 3.62. The predicted octanol–water partition coefficient (Wildman–Crippen LogP) is 4.15. The van der Waals surface area contributed by atoms with Crippen molar-refractivity contribution in [3.8, 4) is 0 Å². The second-order valence-corrected chi connectivity index (χ2v) is 6.21. The molecule has 16 heavy (non-hydrogen) atoms. The molecule has 1 fully saturated rings. The maximum Gasteiger partial charge on any atom is 0.0137 e. The second-order valence-electron chi connectivity index (χ2n) is 6.21. The summed E-state index contributed by atoms with van der Waals surface area (Å²) < 4.78 is 0. The summed E-state index contributed by atoms with van der Waals surface area (Å²) in [7, 11) is 0. The van der Waals surface area contributed by atoms with Crippen molar-refractivity contribution in [3.63, 3.8) is 0 Å². The molecule has 2 atom stereocenters. The maximum absolute atomic E-state index is 4.08. The topological polar surface area (TPSA) is 12.0 Å². The highest BCUT2D eigenvalue weighted by atomic mass is 14.9. The van der Waals surface area contributed by atoms with Crippen LogP contribution in [0.1, 0.15) is 59.8 Å². The smallest absolute Gasteiger partial charge is 0.0137 e. The van der Waals surface area contributed by atoms with Crippen LogP contribution >= 0.6 is 0 Å². The van der Waals surface area contributed by atoms with Gasteiger partial charge in [0.25, 0.3) is 0 Å². The van der Waals surface area contributed by atoms with Gasteiger partial charge in [-0.1, -0.05) is 32.8 Å². The van der Waals surface area contributed by atoms with Crippen LogP contribution in [0, 0.1) is 11.3 Å². The molecule has 1 rings (SSSR count). The van der Waals surface area contributed by atoms with Gasteiger partial charge in [0, 0.05) is 6.04 Å². The fraction of sp³-hybridized carbons (Fsp3) is 0.867. The molecule has 0 aromatic heterocycles. The highest BCUT2D eigenvalue weighted by Gasteiger charge is 2.38. The Morgan fingerprint density at radius 2 is 2.19 bits per heavy atom. The van der Waals surface area contributed by atoms with Crippen molar-refractivity contribution >= 4 is 0 Å². The fourth-order valence-corrected chi connectivity index (χ4v) is 3.16. The molecule has 1 aliphatic rings. The van der Waals surface area contributed by atoms with Crippen LogP contribution in [0.3, 0.4) is 0 Å². The van der Waals surface area contributed by atoms with E-state index in [1.807, 2.05) is 0 Å². The molecule has 0 bridgehead atoms. The summed E-state index contributed by atoms with van der Waals surface area (Å²) in [6.07, 6.45) is 6.55. The molecule has 0 aromatic rings. The van der Waals surface area contributed by atoms with Gasteiger partial charge in [0.15, 0.2) is 0 Å². The summed E-state index contributed by atoms with van der Waals surface area (Å²) in [5.41, 5.74) is 1.83. The summed E-state index contributed by atoms with van der Waals surface area (Å²) in [5.74, 6) is 0.829. The molecule has 0 heterocycles. The van der Waals surface area contributed by atoms with E-state index in [4.69, 9.17) is 0 Å². The molecule has 1 N–H and O–H groups in total. The average molecular weight is 223 g/mol. The van der Waals surface area contributed by atoms with E-state index in [0.717, 1.165) is 18.9 Å². The third-order valence-electron chi connectivity index (χ3n) is 4.05. The SMILES string of the molecule is C=C(C)CC(NCCC)C1CCCC1(C)C. The van der Waals surface area contributed by atoms with E-state index in [0.29, 0.717) is 11.5 Å². The van der Waals surface area contributed by atoms with E-state index < -0.39 is 0 Å². The van der Waals surface area contributed by atoms with Crippen molar-refractivity contribution in [2.45, 2.75) is 65.8 Å². The summed E-state index contributed by atoms with van der Waals surface area (Å²) in [5, 5.41) is 3.74. The van der Waals surface area contributed by atoms with E-state index in [1.165, 1.54) is 31.3 Å². The first-order chi connectivity index (χ1) is 7.47. The normalized spacial score (nSPS) is 25.6. The molecular formula is C15H29N. The largest absolute Gasteiger partial charge is 0.313 e. The van der Waals surface area contributed by atoms with Crippen molar-refractivity contribution in [1.82, 2.24) is 5.32 Å². The summed E-state index contributed by atoms with van der Waals surface area (Å²) >= 11 is 0. The zero-order chi connectivity index (χ0) is 12.2. The lowest BCUT2D eigenvalue weighted by atomic mass is 9.76. The molecule has 1 heteroatoms. The number of hydrogen-bond donors (Lipinski definition) is 1. The fourth-order valence-electron chi connectivity index (χ4n) is 3.16. The lowest BCUT2D eigenvalue weighted by Gasteiger charge is -2.35. The molecule has 94 valence electrons. The van der Waals surface area contributed by atoms with Crippen LogP contribution in [-0.2, 0) is 0 Å². The first kappa shape index (κ1) is 13.8. The Bertz CT molecular complexity index is 230. The standard InChI is InChI=1S/C15H29N/c1-6-10-16-14(11-12(2)3)13-8-7-9-15(13,4)5/h13-14,16H,2,6-11H2,1,3-5H3. The number of hydrogen-bond acceptors (Lipinski definition) is 1. The van der Waals surface area contributed by atoms with Crippen molar-refractivity contribution in [1.29, 1.82) is 0 Å². The molecule has 0 radical (unpaired) electrons. The third-order valence-corrected chi connectivity index (χ3v) is 4.05. The predicted molar refractivity (Wildman–Crippen MR) is 72.6 cm³/mol. The van der Waals surface area contributed by atoms with Crippen molar-refractivity contribution in [2.75, 3.05) is 6.54 Å². The van der Waals surface area contributed by atoms with Gasteiger partial charge in [-0.2, -0.15) is 0 Å². The highest BCUT2D eigenvalue weighted by Crippen LogP contribution is 2.45. The van der Waals surface area contributed by atoms with Crippen molar-refractivity contribution in [3.05, 3.63) is 12.2 Å². The van der Waals surface area contributed by atoms with Gasteiger partial charge in [-0.25, -0.2) is 0 Å². The molecule has 0 aromatic carbocycles. The van der Waals surface area contributed by atoms with E-state index in [9.17, 15) is 0 Å². The summed E-state index contributed by atoms with van der Waals surface area (Å²) in [6, 6.07) is 0.648. The average Bonchev–Trinajstić information content (AvgIpc) is 2.52. The minimum Gasteiger partial charge on any atom is -0.313 e. The molecule has 0 amide bonds. The lowest BCUT2D eigenvalue weighted by Crippen LogP contribution is -2.41. The Morgan fingerprint density at radius 3 is 2.62 bits per heavy atom. The highest BCUT2D eigenvalue weighted by molar-refractivity contribution is 5.00. The molecule has 2 unspecified atom stereocenters. The second kappa shape index (κ2) is 5.86. The Hall–Kier alpha value is -0.300. The monoisotopic (exact) mass is 223 g/mol. The van der Waals surface area contributed by atoms with Crippen molar-refractivity contribution < 1.29 is 0 Å². The Labute approximate surface area is 102 Å². The van der Waals surface area contributed by atoms with Crippen LogP contribution in [0.5, 0.6) is 0 Å². The summed E-state index contributed by atoms with van der Waals surface area (Å²) in [6.45, 7) is 14.5. The van der Waals surface area contributed by atoms with Gasteiger partial charge < -0.3 is 5.32 Å².